The molecule has 0 aliphatic heterocycles. The van der Waals surface area contributed by atoms with Crippen LogP contribution in [0.2, 0.25) is 0 Å². The lowest BCUT2D eigenvalue weighted by Gasteiger charge is -2.18. The smallest absolute Gasteiger partial charge is 0.120 e. The zero-order valence-corrected chi connectivity index (χ0v) is 13.8. The second-order valence-corrected chi connectivity index (χ2v) is 5.60. The van der Waals surface area contributed by atoms with E-state index in [1.54, 1.807) is 7.11 Å². The van der Waals surface area contributed by atoms with Crippen molar-refractivity contribution < 1.29 is 9.47 Å². The Bertz CT molecular complexity index is 384. The Kier molecular flexibility index (Phi) is 7.42. The molecule has 19 heavy (non-hydrogen) atoms. The van der Waals surface area contributed by atoms with E-state index in [0.717, 1.165) is 23.2 Å². The number of rotatable bonds is 8. The molecule has 1 aromatic carbocycles. The van der Waals surface area contributed by atoms with Crippen molar-refractivity contribution in [3.05, 3.63) is 28.2 Å². The van der Waals surface area contributed by atoms with Gasteiger partial charge in [0, 0.05) is 17.6 Å². The molecule has 0 radical (unpaired) electrons. The second-order valence-electron chi connectivity index (χ2n) is 4.74. The summed E-state index contributed by atoms with van der Waals surface area (Å²) in [7, 11) is 1.68. The zero-order valence-electron chi connectivity index (χ0n) is 12.2. The van der Waals surface area contributed by atoms with Crippen molar-refractivity contribution in [3.63, 3.8) is 0 Å². The first-order valence-corrected chi connectivity index (χ1v) is 7.56. The second kappa shape index (κ2) is 8.56. The highest BCUT2D eigenvalue weighted by Crippen LogP contribution is 2.28. The van der Waals surface area contributed by atoms with Gasteiger partial charge in [-0.1, -0.05) is 28.9 Å². The Morgan fingerprint density at radius 2 is 2.05 bits per heavy atom. The summed E-state index contributed by atoms with van der Waals surface area (Å²) in [5.41, 5.74) is 1.25. The van der Waals surface area contributed by atoms with Crippen molar-refractivity contribution in [2.75, 3.05) is 20.3 Å². The van der Waals surface area contributed by atoms with Crippen LogP contribution in [0.4, 0.5) is 0 Å². The van der Waals surface area contributed by atoms with E-state index in [1.807, 2.05) is 19.1 Å². The van der Waals surface area contributed by atoms with E-state index in [9.17, 15) is 0 Å². The monoisotopic (exact) mass is 329 g/mol. The number of nitrogens with one attached hydrogen (secondary N) is 1. The molecule has 0 aliphatic carbocycles. The Balaban J connectivity index is 2.68. The maximum atomic E-state index is 5.78. The molecule has 0 bridgehead atoms. The molecule has 4 heteroatoms. The van der Waals surface area contributed by atoms with Crippen LogP contribution in [0.3, 0.4) is 0 Å². The van der Waals surface area contributed by atoms with Crippen LogP contribution < -0.4 is 10.1 Å². The third kappa shape index (κ3) is 5.51. The molecule has 0 saturated carbocycles. The van der Waals surface area contributed by atoms with E-state index in [-0.39, 0.29) is 6.10 Å². The summed E-state index contributed by atoms with van der Waals surface area (Å²) < 4.78 is 11.9. The Morgan fingerprint density at radius 1 is 1.32 bits per heavy atom. The number of ether oxygens (including phenoxy) is 2. The van der Waals surface area contributed by atoms with E-state index in [1.165, 1.54) is 5.56 Å². The molecular weight excluding hydrogens is 306 g/mol. The van der Waals surface area contributed by atoms with Gasteiger partial charge in [0.25, 0.3) is 0 Å². The minimum atomic E-state index is 0.0541. The number of hydrogen-bond donors (Lipinski definition) is 1. The van der Waals surface area contributed by atoms with Gasteiger partial charge < -0.3 is 14.8 Å². The van der Waals surface area contributed by atoms with Crippen LogP contribution in [0.15, 0.2) is 22.7 Å². The van der Waals surface area contributed by atoms with Crippen LogP contribution >= 0.6 is 15.9 Å². The lowest BCUT2D eigenvalue weighted by molar-refractivity contribution is 0.0920. The van der Waals surface area contributed by atoms with Crippen LogP contribution in [0.5, 0.6) is 5.75 Å². The van der Waals surface area contributed by atoms with Gasteiger partial charge >= 0.3 is 0 Å². The van der Waals surface area contributed by atoms with E-state index < -0.39 is 0 Å². The molecule has 0 aliphatic rings. The summed E-state index contributed by atoms with van der Waals surface area (Å²) in [6.07, 6.45) is 1.19. The van der Waals surface area contributed by atoms with Gasteiger partial charge in [-0.15, -0.1) is 0 Å². The molecule has 0 heterocycles. The number of benzene rings is 1. The van der Waals surface area contributed by atoms with Gasteiger partial charge in [0.15, 0.2) is 0 Å². The van der Waals surface area contributed by atoms with Gasteiger partial charge in [-0.25, -0.2) is 0 Å². The molecule has 0 aromatic heterocycles. The normalized spacial score (nSPS) is 14.2. The number of hydrogen-bond acceptors (Lipinski definition) is 3. The molecular formula is C15H24BrNO2. The van der Waals surface area contributed by atoms with Crippen LogP contribution in [-0.2, 0) is 4.74 Å². The summed E-state index contributed by atoms with van der Waals surface area (Å²) in [6, 6.07) is 6.47. The first-order chi connectivity index (χ1) is 9.08. The molecule has 2 atom stereocenters. The van der Waals surface area contributed by atoms with Gasteiger partial charge in [-0.05, 0) is 44.5 Å². The predicted octanol–water partition coefficient (Wildman–Crippen LogP) is 3.92. The van der Waals surface area contributed by atoms with Crippen molar-refractivity contribution in [1.29, 1.82) is 0 Å². The average molecular weight is 330 g/mol. The van der Waals surface area contributed by atoms with Crippen molar-refractivity contribution in [1.82, 2.24) is 5.32 Å². The zero-order chi connectivity index (χ0) is 14.3. The molecule has 1 aromatic rings. The number of methoxy groups -OCH3 is 1. The molecule has 0 amide bonds. The SMILES string of the molecule is CCCNC(C)c1ccc(OC(C)COC)cc1Br. The maximum Gasteiger partial charge on any atom is 0.120 e. The topological polar surface area (TPSA) is 30.5 Å². The fraction of sp³-hybridized carbons (Fsp3) is 0.600. The summed E-state index contributed by atoms with van der Waals surface area (Å²) in [6.45, 7) is 7.95. The quantitative estimate of drug-likeness (QED) is 0.784. The minimum absolute atomic E-state index is 0.0541. The molecule has 0 spiro atoms. The van der Waals surface area contributed by atoms with E-state index in [0.29, 0.717) is 12.6 Å². The van der Waals surface area contributed by atoms with Crippen LogP contribution in [0, 0.1) is 0 Å². The van der Waals surface area contributed by atoms with E-state index in [4.69, 9.17) is 9.47 Å². The molecule has 108 valence electrons. The molecule has 2 unspecified atom stereocenters. The van der Waals surface area contributed by atoms with E-state index >= 15 is 0 Å². The summed E-state index contributed by atoms with van der Waals surface area (Å²) in [5.74, 6) is 0.864. The summed E-state index contributed by atoms with van der Waals surface area (Å²) in [5, 5.41) is 3.48. The first-order valence-electron chi connectivity index (χ1n) is 6.76. The molecule has 0 fully saturated rings. The van der Waals surface area contributed by atoms with Gasteiger partial charge in [-0.3, -0.25) is 0 Å². The lowest BCUT2D eigenvalue weighted by atomic mass is 10.1. The van der Waals surface area contributed by atoms with Crippen molar-refractivity contribution in [3.8, 4) is 5.75 Å². The molecule has 1 rings (SSSR count). The van der Waals surface area contributed by atoms with Crippen molar-refractivity contribution in [2.45, 2.75) is 39.3 Å². The average Bonchev–Trinajstić information content (AvgIpc) is 2.36. The number of halogens is 1. The molecule has 1 N–H and O–H groups in total. The van der Waals surface area contributed by atoms with Crippen LogP contribution in [-0.4, -0.2) is 26.4 Å². The fourth-order valence-corrected chi connectivity index (χ4v) is 2.61. The van der Waals surface area contributed by atoms with E-state index in [2.05, 4.69) is 41.2 Å². The fourth-order valence-electron chi connectivity index (χ4n) is 1.90. The highest BCUT2D eigenvalue weighted by atomic mass is 79.9. The molecule has 3 nitrogen and oxygen atoms in total. The Hall–Kier alpha value is -0.580. The summed E-state index contributed by atoms with van der Waals surface area (Å²) in [4.78, 5) is 0. The van der Waals surface area contributed by atoms with Crippen molar-refractivity contribution >= 4 is 15.9 Å². The predicted molar refractivity (Wildman–Crippen MR) is 82.8 cm³/mol. The van der Waals surface area contributed by atoms with Gasteiger partial charge in [0.1, 0.15) is 11.9 Å². The van der Waals surface area contributed by atoms with Crippen molar-refractivity contribution in [2.24, 2.45) is 0 Å². The molecule has 0 saturated heterocycles. The summed E-state index contributed by atoms with van der Waals surface area (Å²) >= 11 is 3.62. The first kappa shape index (κ1) is 16.5. The third-order valence-corrected chi connectivity index (χ3v) is 3.56. The Morgan fingerprint density at radius 3 is 2.63 bits per heavy atom. The van der Waals surface area contributed by atoms with Gasteiger partial charge in [0.05, 0.1) is 6.61 Å². The largest absolute Gasteiger partial charge is 0.488 e. The minimum Gasteiger partial charge on any atom is -0.488 e. The highest BCUT2D eigenvalue weighted by molar-refractivity contribution is 9.10. The lowest BCUT2D eigenvalue weighted by Crippen LogP contribution is -2.20. The maximum absolute atomic E-state index is 5.78. The highest BCUT2D eigenvalue weighted by Gasteiger charge is 2.10. The third-order valence-electron chi connectivity index (χ3n) is 2.88. The standard InChI is InChI=1S/C15H24BrNO2/c1-5-8-17-12(3)14-7-6-13(9-15(14)16)19-11(2)10-18-4/h6-7,9,11-12,17H,5,8,10H2,1-4H3. The van der Waals surface area contributed by atoms with Crippen LogP contribution in [0.1, 0.15) is 38.8 Å². The van der Waals surface area contributed by atoms with Gasteiger partial charge in [0.2, 0.25) is 0 Å². The van der Waals surface area contributed by atoms with Gasteiger partial charge in [-0.2, -0.15) is 0 Å². The van der Waals surface area contributed by atoms with Crippen LogP contribution in [0.25, 0.3) is 0 Å². The Labute approximate surface area is 124 Å².